The number of halogens is 3. The van der Waals surface area contributed by atoms with Gasteiger partial charge < -0.3 is 10.1 Å². The van der Waals surface area contributed by atoms with Gasteiger partial charge in [0.05, 0.1) is 6.61 Å². The maximum absolute atomic E-state index is 11.9. The predicted molar refractivity (Wildman–Crippen MR) is 62.9 cm³/mol. The highest BCUT2D eigenvalue weighted by molar-refractivity contribution is 4.94. The maximum atomic E-state index is 11.9. The van der Waals surface area contributed by atoms with Gasteiger partial charge in [-0.15, -0.1) is 6.58 Å². The third-order valence-electron chi connectivity index (χ3n) is 2.21. The maximum Gasteiger partial charge on any atom is 0.411 e. The van der Waals surface area contributed by atoms with Crippen molar-refractivity contribution < 1.29 is 17.9 Å². The van der Waals surface area contributed by atoms with Crippen LogP contribution in [0.15, 0.2) is 12.7 Å². The first-order chi connectivity index (χ1) is 7.47. The molecule has 1 unspecified atom stereocenters. The van der Waals surface area contributed by atoms with Gasteiger partial charge >= 0.3 is 6.18 Å². The monoisotopic (exact) mass is 253 g/mol. The summed E-state index contributed by atoms with van der Waals surface area (Å²) in [5.74, 6) is 0. The Balaban J connectivity index is 4.15. The van der Waals surface area contributed by atoms with Crippen LogP contribution in [0.5, 0.6) is 0 Å². The van der Waals surface area contributed by atoms with E-state index in [-0.39, 0.29) is 12.1 Å². The molecule has 0 radical (unpaired) electrons. The summed E-state index contributed by atoms with van der Waals surface area (Å²) in [6.45, 7) is 10.7. The van der Waals surface area contributed by atoms with E-state index in [1.807, 2.05) is 27.7 Å². The molecule has 0 aliphatic carbocycles. The highest BCUT2D eigenvalue weighted by Gasteiger charge is 2.30. The van der Waals surface area contributed by atoms with Crippen molar-refractivity contribution in [2.45, 2.75) is 39.4 Å². The zero-order chi connectivity index (χ0) is 13.7. The molecule has 0 saturated heterocycles. The van der Waals surface area contributed by atoms with Crippen LogP contribution in [0, 0.1) is 5.41 Å². The van der Waals surface area contributed by atoms with E-state index in [0.29, 0.717) is 6.54 Å². The lowest BCUT2D eigenvalue weighted by Gasteiger charge is -2.31. The molecular weight excluding hydrogens is 231 g/mol. The summed E-state index contributed by atoms with van der Waals surface area (Å²) in [5, 5.41) is 3.23. The fourth-order valence-corrected chi connectivity index (χ4v) is 1.05. The van der Waals surface area contributed by atoms with Gasteiger partial charge in [0.25, 0.3) is 0 Å². The van der Waals surface area contributed by atoms with Gasteiger partial charge in [-0.05, 0) is 20.8 Å². The summed E-state index contributed by atoms with van der Waals surface area (Å²) in [6, 6.07) is 0. The lowest BCUT2D eigenvalue weighted by molar-refractivity contribution is -0.178. The summed E-state index contributed by atoms with van der Waals surface area (Å²) in [5.41, 5.74) is -0.590. The number of ether oxygens (including phenoxy) is 1. The second-order valence-electron chi connectivity index (χ2n) is 5.57. The molecule has 0 aromatic heterocycles. The Morgan fingerprint density at radius 2 is 1.65 bits per heavy atom. The summed E-state index contributed by atoms with van der Waals surface area (Å²) < 4.78 is 40.5. The minimum absolute atomic E-state index is 0.000903. The third kappa shape index (κ3) is 9.18. The number of rotatable bonds is 6. The fourth-order valence-electron chi connectivity index (χ4n) is 1.05. The van der Waals surface area contributed by atoms with Crippen LogP contribution in [0.1, 0.15) is 27.7 Å². The smallest absolute Gasteiger partial charge is 0.371 e. The molecule has 0 rings (SSSR count). The second kappa shape index (κ2) is 5.87. The van der Waals surface area contributed by atoms with E-state index in [1.54, 1.807) is 6.08 Å². The zero-order valence-electron chi connectivity index (χ0n) is 10.9. The summed E-state index contributed by atoms with van der Waals surface area (Å²) in [7, 11) is 0. The van der Waals surface area contributed by atoms with Crippen LogP contribution in [0.4, 0.5) is 13.2 Å². The van der Waals surface area contributed by atoms with Crippen LogP contribution in [0.25, 0.3) is 0 Å². The summed E-state index contributed by atoms with van der Waals surface area (Å²) in [6.07, 6.45) is -2.65. The largest absolute Gasteiger partial charge is 0.411 e. The lowest BCUT2D eigenvalue weighted by Crippen LogP contribution is -2.44. The molecule has 0 aromatic rings. The van der Waals surface area contributed by atoms with Crippen LogP contribution in [0.3, 0.4) is 0 Å². The van der Waals surface area contributed by atoms with Gasteiger partial charge in [-0.3, -0.25) is 0 Å². The van der Waals surface area contributed by atoms with E-state index >= 15 is 0 Å². The van der Waals surface area contributed by atoms with Crippen LogP contribution in [-0.4, -0.2) is 31.5 Å². The Hall–Kier alpha value is -0.550. The fraction of sp³-hybridized carbons (Fsp3) is 0.833. The predicted octanol–water partition coefficient (Wildman–Crippen LogP) is 3.15. The van der Waals surface area contributed by atoms with E-state index in [4.69, 9.17) is 0 Å². The Morgan fingerprint density at radius 1 is 1.12 bits per heavy atom. The lowest BCUT2D eigenvalue weighted by atomic mass is 9.90. The van der Waals surface area contributed by atoms with E-state index in [9.17, 15) is 13.2 Å². The summed E-state index contributed by atoms with van der Waals surface area (Å²) >= 11 is 0. The topological polar surface area (TPSA) is 21.3 Å². The molecule has 0 aliphatic rings. The normalized spacial score (nSPS) is 16.6. The van der Waals surface area contributed by atoms with E-state index < -0.39 is 18.2 Å². The molecule has 0 heterocycles. The average Bonchev–Trinajstić information content (AvgIpc) is 2.12. The minimum atomic E-state index is -4.28. The quantitative estimate of drug-likeness (QED) is 0.734. The molecule has 0 spiro atoms. The number of hydrogen-bond acceptors (Lipinski definition) is 2. The van der Waals surface area contributed by atoms with Gasteiger partial charge in [0.15, 0.2) is 0 Å². The van der Waals surface area contributed by atoms with E-state index in [2.05, 4.69) is 16.6 Å². The Morgan fingerprint density at radius 3 is 2.00 bits per heavy atom. The van der Waals surface area contributed by atoms with Gasteiger partial charge in [-0.25, -0.2) is 0 Å². The molecule has 0 amide bonds. The first kappa shape index (κ1) is 16.4. The van der Waals surface area contributed by atoms with Crippen LogP contribution >= 0.6 is 0 Å². The Labute approximate surface area is 101 Å². The van der Waals surface area contributed by atoms with Gasteiger partial charge in [0, 0.05) is 17.5 Å². The van der Waals surface area contributed by atoms with Crippen molar-refractivity contribution in [1.29, 1.82) is 0 Å². The molecule has 1 N–H and O–H groups in total. The zero-order valence-corrected chi connectivity index (χ0v) is 10.9. The molecule has 2 nitrogen and oxygen atoms in total. The van der Waals surface area contributed by atoms with Crippen molar-refractivity contribution >= 4 is 0 Å². The molecule has 17 heavy (non-hydrogen) atoms. The first-order valence-corrected chi connectivity index (χ1v) is 5.51. The first-order valence-electron chi connectivity index (χ1n) is 5.51. The van der Waals surface area contributed by atoms with Crippen LogP contribution in [0.2, 0.25) is 0 Å². The van der Waals surface area contributed by atoms with Crippen molar-refractivity contribution in [3.63, 3.8) is 0 Å². The van der Waals surface area contributed by atoms with Crippen molar-refractivity contribution in [1.82, 2.24) is 5.32 Å². The SMILES string of the molecule is C=CC(C)(CNC(C)(C)C)COCC(F)(F)F. The second-order valence-corrected chi connectivity index (χ2v) is 5.57. The molecule has 0 aliphatic heterocycles. The summed E-state index contributed by atoms with van der Waals surface area (Å²) in [4.78, 5) is 0. The Kier molecular flexibility index (Phi) is 5.68. The standard InChI is InChI=1S/C12H22F3NO/c1-6-11(5,7-16-10(2,3)4)8-17-9-12(13,14)15/h6,16H,1,7-9H2,2-5H3. The Bertz CT molecular complexity index is 245. The van der Waals surface area contributed by atoms with E-state index in [1.165, 1.54) is 0 Å². The molecule has 1 atom stereocenters. The van der Waals surface area contributed by atoms with E-state index in [0.717, 1.165) is 0 Å². The molecule has 102 valence electrons. The van der Waals surface area contributed by atoms with Crippen molar-refractivity contribution in [3.8, 4) is 0 Å². The highest BCUT2D eigenvalue weighted by Crippen LogP contribution is 2.21. The average molecular weight is 253 g/mol. The molecular formula is C12H22F3NO. The van der Waals surface area contributed by atoms with Crippen molar-refractivity contribution in [2.75, 3.05) is 19.8 Å². The number of nitrogens with one attached hydrogen (secondary N) is 1. The number of alkyl halides is 3. The van der Waals surface area contributed by atoms with Gasteiger partial charge in [-0.1, -0.05) is 13.0 Å². The van der Waals surface area contributed by atoms with Gasteiger partial charge in [0.2, 0.25) is 0 Å². The molecule has 0 bridgehead atoms. The number of hydrogen-bond donors (Lipinski definition) is 1. The van der Waals surface area contributed by atoms with Crippen molar-refractivity contribution in [2.24, 2.45) is 5.41 Å². The third-order valence-corrected chi connectivity index (χ3v) is 2.21. The van der Waals surface area contributed by atoms with Crippen LogP contribution < -0.4 is 5.32 Å². The molecule has 5 heteroatoms. The molecule has 0 saturated carbocycles. The minimum Gasteiger partial charge on any atom is -0.371 e. The van der Waals surface area contributed by atoms with Gasteiger partial charge in [0.1, 0.15) is 6.61 Å². The molecule has 0 aromatic carbocycles. The van der Waals surface area contributed by atoms with Crippen molar-refractivity contribution in [3.05, 3.63) is 12.7 Å². The molecule has 0 fully saturated rings. The van der Waals surface area contributed by atoms with Crippen LogP contribution in [-0.2, 0) is 4.74 Å². The van der Waals surface area contributed by atoms with Gasteiger partial charge in [-0.2, -0.15) is 13.2 Å². The highest BCUT2D eigenvalue weighted by atomic mass is 19.4.